The Morgan fingerprint density at radius 3 is 2.29 bits per heavy atom. The number of thiocarbonyl (C=S) groups is 1. The van der Waals surface area contributed by atoms with Gasteiger partial charge in [-0.2, -0.15) is 0 Å². The van der Waals surface area contributed by atoms with Crippen molar-refractivity contribution < 1.29 is 23.9 Å². The van der Waals surface area contributed by atoms with Crippen LogP contribution in [0, 0.1) is 0 Å². The summed E-state index contributed by atoms with van der Waals surface area (Å²) in [6.45, 7) is 3.02. The number of ether oxygens (including phenoxy) is 1. The van der Waals surface area contributed by atoms with Gasteiger partial charge in [0.15, 0.2) is 5.11 Å². The quantitative estimate of drug-likeness (QED) is 0.298. The minimum atomic E-state index is -0.818. The average Bonchev–Trinajstić information content (AvgIpc) is 3.50. The van der Waals surface area contributed by atoms with Gasteiger partial charge in [-0.1, -0.05) is 30.3 Å². The zero-order valence-corrected chi connectivity index (χ0v) is 23.4. The van der Waals surface area contributed by atoms with Crippen LogP contribution in [0.3, 0.4) is 0 Å². The number of carbonyl (C=O) groups is 4. The number of anilines is 3. The van der Waals surface area contributed by atoms with Crippen LogP contribution in [0.5, 0.6) is 0 Å². The van der Waals surface area contributed by atoms with Crippen LogP contribution >= 0.6 is 12.2 Å². The van der Waals surface area contributed by atoms with Crippen LogP contribution in [-0.2, 0) is 25.7 Å². The molecule has 0 spiro atoms. The Bertz CT molecular complexity index is 1460. The maximum Gasteiger partial charge on any atom is 0.338 e. The van der Waals surface area contributed by atoms with Crippen LogP contribution in [0.4, 0.5) is 17.1 Å². The molecule has 2 aliphatic rings. The van der Waals surface area contributed by atoms with Gasteiger partial charge < -0.3 is 19.9 Å². The van der Waals surface area contributed by atoms with E-state index in [-0.39, 0.29) is 30.7 Å². The van der Waals surface area contributed by atoms with Gasteiger partial charge in [0.25, 0.3) is 5.91 Å². The summed E-state index contributed by atoms with van der Waals surface area (Å²) in [5.41, 5.74) is 3.24. The van der Waals surface area contributed by atoms with Gasteiger partial charge in [-0.25, -0.2) is 4.79 Å². The van der Waals surface area contributed by atoms with Crippen LogP contribution in [0.25, 0.3) is 0 Å². The molecule has 2 aliphatic heterocycles. The number of hydrogen-bond acceptors (Lipinski definition) is 6. The lowest BCUT2D eigenvalue weighted by Gasteiger charge is -2.24. The maximum absolute atomic E-state index is 13.7. The molecule has 2 fully saturated rings. The summed E-state index contributed by atoms with van der Waals surface area (Å²) in [6, 6.07) is 22.3. The van der Waals surface area contributed by atoms with Crippen LogP contribution in [0.1, 0.15) is 42.1 Å². The van der Waals surface area contributed by atoms with Crippen molar-refractivity contribution in [1.29, 1.82) is 0 Å². The highest BCUT2D eigenvalue weighted by molar-refractivity contribution is 7.80. The van der Waals surface area contributed by atoms with Crippen molar-refractivity contribution in [2.45, 2.75) is 38.8 Å². The summed E-state index contributed by atoms with van der Waals surface area (Å²) in [4.78, 5) is 55.9. The molecule has 0 saturated carbocycles. The van der Waals surface area contributed by atoms with Crippen LogP contribution in [0.15, 0.2) is 78.9 Å². The summed E-state index contributed by atoms with van der Waals surface area (Å²) in [7, 11) is 0. The van der Waals surface area contributed by atoms with Crippen LogP contribution in [0.2, 0.25) is 0 Å². The Morgan fingerprint density at radius 2 is 1.66 bits per heavy atom. The average molecular weight is 571 g/mol. The van der Waals surface area contributed by atoms with E-state index in [0.717, 1.165) is 17.7 Å². The third-order valence-corrected chi connectivity index (χ3v) is 7.48. The number of nitrogens with one attached hydrogen (secondary N) is 1. The van der Waals surface area contributed by atoms with Crippen LogP contribution < -0.4 is 15.1 Å². The molecule has 9 nitrogen and oxygen atoms in total. The minimum absolute atomic E-state index is 0.115. The van der Waals surface area contributed by atoms with Crippen molar-refractivity contribution in [1.82, 2.24) is 4.90 Å². The molecule has 0 unspecified atom stereocenters. The van der Waals surface area contributed by atoms with Gasteiger partial charge in [0, 0.05) is 30.9 Å². The lowest BCUT2D eigenvalue weighted by Crippen LogP contribution is -2.37. The Labute approximate surface area is 243 Å². The van der Waals surface area contributed by atoms with Gasteiger partial charge in [0.05, 0.1) is 24.3 Å². The van der Waals surface area contributed by atoms with E-state index in [1.807, 2.05) is 42.5 Å². The largest absolute Gasteiger partial charge is 0.462 e. The van der Waals surface area contributed by atoms with Gasteiger partial charge in [-0.05, 0) is 79.7 Å². The fourth-order valence-corrected chi connectivity index (χ4v) is 5.41. The first-order valence-corrected chi connectivity index (χ1v) is 13.9. The zero-order valence-electron chi connectivity index (χ0n) is 22.6. The van der Waals surface area contributed by atoms with E-state index in [0.29, 0.717) is 41.6 Å². The van der Waals surface area contributed by atoms with E-state index < -0.39 is 12.0 Å². The van der Waals surface area contributed by atoms with Gasteiger partial charge in [-0.15, -0.1) is 0 Å². The second kappa shape index (κ2) is 12.3. The lowest BCUT2D eigenvalue weighted by atomic mass is 10.1. The van der Waals surface area contributed by atoms with Gasteiger partial charge in [-0.3, -0.25) is 19.3 Å². The monoisotopic (exact) mass is 570 g/mol. The summed E-state index contributed by atoms with van der Waals surface area (Å²) >= 11 is 5.77. The molecule has 0 bridgehead atoms. The molecule has 3 aromatic rings. The standard InChI is InChI=1S/C31H30N4O5S/c1-2-40-30(39)22-12-14-23(15-13-22)32-27(36)19-26-29(38)35(25-7-4-3-5-8-25)31(41)34(26)20-21-10-16-24(17-11-21)33-18-6-9-28(33)37/h3-5,7-8,10-17,26H,2,6,9,18-20H2,1H3,(H,32,36)/t26-/m1/s1. The molecule has 10 heteroatoms. The van der Waals surface area contributed by atoms with Crippen molar-refractivity contribution in [2.24, 2.45) is 0 Å². The molecule has 2 saturated heterocycles. The van der Waals surface area contributed by atoms with Crippen molar-refractivity contribution in [3.8, 4) is 0 Å². The van der Waals surface area contributed by atoms with Crippen molar-refractivity contribution >= 4 is 58.1 Å². The number of benzene rings is 3. The maximum atomic E-state index is 13.7. The molecule has 0 aromatic heterocycles. The van der Waals surface area contributed by atoms with Gasteiger partial charge >= 0.3 is 5.97 Å². The molecule has 0 radical (unpaired) electrons. The van der Waals surface area contributed by atoms with E-state index in [2.05, 4.69) is 5.32 Å². The van der Waals surface area contributed by atoms with E-state index in [1.165, 1.54) is 4.90 Å². The van der Waals surface area contributed by atoms with Crippen LogP contribution in [-0.4, -0.2) is 52.9 Å². The van der Waals surface area contributed by atoms with E-state index in [1.54, 1.807) is 53.1 Å². The summed E-state index contributed by atoms with van der Waals surface area (Å²) in [6.07, 6.45) is 1.28. The third kappa shape index (κ3) is 6.12. The minimum Gasteiger partial charge on any atom is -0.462 e. The first-order chi connectivity index (χ1) is 19.9. The highest BCUT2D eigenvalue weighted by atomic mass is 32.1. The normalized spacial score (nSPS) is 16.9. The molecule has 3 amide bonds. The Balaban J connectivity index is 1.33. The molecular formula is C31H30N4O5S. The molecule has 5 rings (SSSR count). The first kappa shape index (κ1) is 28.0. The van der Waals surface area contributed by atoms with Crippen molar-refractivity contribution in [3.05, 3.63) is 90.0 Å². The number of amides is 3. The third-order valence-electron chi connectivity index (χ3n) is 7.07. The zero-order chi connectivity index (χ0) is 28.9. The molecular weight excluding hydrogens is 540 g/mol. The molecule has 41 heavy (non-hydrogen) atoms. The Kier molecular flexibility index (Phi) is 8.39. The number of nitrogens with zero attached hydrogens (tertiary/aromatic N) is 3. The number of carbonyl (C=O) groups excluding carboxylic acids is 4. The number of rotatable bonds is 9. The van der Waals surface area contributed by atoms with E-state index in [4.69, 9.17) is 17.0 Å². The molecule has 1 atom stereocenters. The molecule has 210 valence electrons. The molecule has 0 aliphatic carbocycles. The second-order valence-electron chi connectivity index (χ2n) is 9.80. The highest BCUT2D eigenvalue weighted by Crippen LogP contribution is 2.30. The summed E-state index contributed by atoms with van der Waals surface area (Å²) in [5.74, 6) is -0.970. The SMILES string of the molecule is CCOC(=O)c1ccc(NC(=O)C[C@@H]2C(=O)N(c3ccccc3)C(=S)N2Cc2ccc(N3CCCC3=O)cc2)cc1. The van der Waals surface area contributed by atoms with E-state index in [9.17, 15) is 19.2 Å². The Hall–Kier alpha value is -4.57. The van der Waals surface area contributed by atoms with Crippen molar-refractivity contribution in [3.63, 3.8) is 0 Å². The molecule has 2 heterocycles. The smallest absolute Gasteiger partial charge is 0.338 e. The topological polar surface area (TPSA) is 99.3 Å². The fourth-order valence-electron chi connectivity index (χ4n) is 5.02. The molecule has 3 aromatic carbocycles. The summed E-state index contributed by atoms with van der Waals surface area (Å²) < 4.78 is 5.00. The lowest BCUT2D eigenvalue weighted by molar-refractivity contribution is -0.124. The van der Waals surface area contributed by atoms with Crippen molar-refractivity contribution in [2.75, 3.05) is 28.3 Å². The van der Waals surface area contributed by atoms with Gasteiger partial charge in [0.2, 0.25) is 11.8 Å². The highest BCUT2D eigenvalue weighted by Gasteiger charge is 2.44. The number of hydrogen-bond donors (Lipinski definition) is 1. The Morgan fingerprint density at radius 1 is 0.951 bits per heavy atom. The predicted octanol–water partition coefficient (Wildman–Crippen LogP) is 4.52. The number of para-hydroxylation sites is 1. The molecule has 1 N–H and O–H groups in total. The van der Waals surface area contributed by atoms with E-state index >= 15 is 0 Å². The summed E-state index contributed by atoms with van der Waals surface area (Å²) in [5, 5.41) is 3.13. The number of esters is 1. The second-order valence-corrected chi connectivity index (χ2v) is 10.2. The fraction of sp³-hybridized carbons (Fsp3) is 0.258. The first-order valence-electron chi connectivity index (χ1n) is 13.5. The predicted molar refractivity (Wildman–Crippen MR) is 160 cm³/mol. The van der Waals surface area contributed by atoms with Gasteiger partial charge in [0.1, 0.15) is 6.04 Å².